The summed E-state index contributed by atoms with van der Waals surface area (Å²) >= 11 is 0. The number of esters is 1. The van der Waals surface area contributed by atoms with Gasteiger partial charge in [-0.2, -0.15) is 5.10 Å². The Morgan fingerprint density at radius 3 is 2.80 bits per heavy atom. The molecule has 0 atom stereocenters. The fourth-order valence-electron chi connectivity index (χ4n) is 3.19. The molecule has 0 radical (unpaired) electrons. The van der Waals surface area contributed by atoms with Gasteiger partial charge in [-0.15, -0.1) is 0 Å². The first-order chi connectivity index (χ1) is 14.5. The maximum atomic E-state index is 12.6. The number of non-ortho nitro benzene ring substituents is 1. The van der Waals surface area contributed by atoms with Crippen LogP contribution in [0.3, 0.4) is 0 Å². The number of nitro groups is 1. The van der Waals surface area contributed by atoms with Gasteiger partial charge < -0.3 is 14.2 Å². The number of hydrazone groups is 1. The number of hydrogen-bond acceptors (Lipinski definition) is 8. The average molecular weight is 411 g/mol. The van der Waals surface area contributed by atoms with Gasteiger partial charge in [0.05, 0.1) is 17.2 Å². The van der Waals surface area contributed by atoms with Gasteiger partial charge in [-0.3, -0.25) is 14.9 Å². The second-order valence-corrected chi connectivity index (χ2v) is 6.62. The minimum Gasteiger partial charge on any atom is -0.467 e. The summed E-state index contributed by atoms with van der Waals surface area (Å²) < 4.78 is 15.9. The minimum atomic E-state index is -0.698. The Morgan fingerprint density at radius 1 is 1.23 bits per heavy atom. The highest BCUT2D eigenvalue weighted by atomic mass is 16.7. The van der Waals surface area contributed by atoms with Crippen LogP contribution >= 0.6 is 0 Å². The first-order valence-electron chi connectivity index (χ1n) is 9.16. The molecular weight excluding hydrogens is 394 g/mol. The molecule has 2 aromatic carbocycles. The number of rotatable bonds is 5. The first kappa shape index (κ1) is 19.5. The van der Waals surface area contributed by atoms with E-state index in [1.54, 1.807) is 24.3 Å². The molecule has 0 aliphatic carbocycles. The van der Waals surface area contributed by atoms with Crippen molar-refractivity contribution in [3.8, 4) is 5.75 Å². The zero-order valence-corrected chi connectivity index (χ0v) is 15.8. The Morgan fingerprint density at radius 2 is 2.03 bits per heavy atom. The van der Waals surface area contributed by atoms with E-state index in [9.17, 15) is 19.7 Å². The van der Waals surface area contributed by atoms with Crippen molar-refractivity contribution in [3.63, 3.8) is 0 Å². The standard InChI is InChI=1S/C20H17N3O7/c24-18-7-6-17(21-22(18)15-4-2-1-3-5-15)20(25)29-11-14-9-16(23(26)27)8-13-10-28-12-30-19(13)14/h1-5,8-9H,6-7,10-12H2. The van der Waals surface area contributed by atoms with Crippen LogP contribution < -0.4 is 9.75 Å². The van der Waals surface area contributed by atoms with E-state index >= 15 is 0 Å². The first-order valence-corrected chi connectivity index (χ1v) is 9.16. The van der Waals surface area contributed by atoms with E-state index in [1.165, 1.54) is 17.1 Å². The average Bonchev–Trinajstić information content (AvgIpc) is 2.78. The van der Waals surface area contributed by atoms with Gasteiger partial charge in [0.25, 0.3) is 5.69 Å². The number of amides is 1. The molecule has 2 aliphatic rings. The number of fused-ring (bicyclic) bond motifs is 1. The number of nitro benzene ring substituents is 1. The van der Waals surface area contributed by atoms with Crippen LogP contribution in [0.5, 0.6) is 5.75 Å². The summed E-state index contributed by atoms with van der Waals surface area (Å²) in [6.07, 6.45) is 0.272. The van der Waals surface area contributed by atoms with Crippen molar-refractivity contribution >= 4 is 29.0 Å². The molecule has 0 unspecified atom stereocenters. The minimum absolute atomic E-state index is 0.00656. The normalized spacial score (nSPS) is 15.7. The molecule has 30 heavy (non-hydrogen) atoms. The second-order valence-electron chi connectivity index (χ2n) is 6.62. The van der Waals surface area contributed by atoms with E-state index in [4.69, 9.17) is 14.2 Å². The third-order valence-corrected chi connectivity index (χ3v) is 4.61. The SMILES string of the molecule is O=C(OCc1cc([N+](=O)[O-])cc2c1OCOC2)C1=NN(c2ccccc2)C(=O)CC1. The van der Waals surface area contributed by atoms with Gasteiger partial charge in [0.1, 0.15) is 18.1 Å². The van der Waals surface area contributed by atoms with Crippen molar-refractivity contribution in [3.05, 3.63) is 63.7 Å². The number of ether oxygens (including phenoxy) is 3. The lowest BCUT2D eigenvalue weighted by Crippen LogP contribution is -2.34. The summed E-state index contributed by atoms with van der Waals surface area (Å²) in [6, 6.07) is 11.4. The molecule has 0 N–H and O–H groups in total. The predicted octanol–water partition coefficient (Wildman–Crippen LogP) is 2.69. The van der Waals surface area contributed by atoms with E-state index in [0.717, 1.165) is 0 Å². The van der Waals surface area contributed by atoms with Gasteiger partial charge in [0.2, 0.25) is 5.91 Å². The molecule has 0 fully saturated rings. The predicted molar refractivity (Wildman–Crippen MR) is 104 cm³/mol. The molecule has 154 valence electrons. The Kier molecular flexibility index (Phi) is 5.40. The van der Waals surface area contributed by atoms with Crippen molar-refractivity contribution in [1.82, 2.24) is 0 Å². The monoisotopic (exact) mass is 411 g/mol. The molecule has 0 saturated carbocycles. The number of nitrogens with zero attached hydrogens (tertiary/aromatic N) is 3. The van der Waals surface area contributed by atoms with E-state index in [-0.39, 0.29) is 50.2 Å². The maximum Gasteiger partial charge on any atom is 0.354 e. The molecule has 0 spiro atoms. The lowest BCUT2D eigenvalue weighted by Gasteiger charge is -2.23. The number of carbonyl (C=O) groups excluding carboxylic acids is 2. The van der Waals surface area contributed by atoms with E-state index in [2.05, 4.69) is 5.10 Å². The zero-order chi connectivity index (χ0) is 21.1. The van der Waals surface area contributed by atoms with Crippen molar-refractivity contribution in [1.29, 1.82) is 0 Å². The van der Waals surface area contributed by atoms with E-state index in [0.29, 0.717) is 22.6 Å². The molecule has 0 aromatic heterocycles. The molecule has 0 saturated heterocycles. The number of benzene rings is 2. The van der Waals surface area contributed by atoms with Crippen LogP contribution in [0.15, 0.2) is 47.6 Å². The fraction of sp³-hybridized carbons (Fsp3) is 0.250. The van der Waals surface area contributed by atoms with Crippen molar-refractivity contribution < 1.29 is 28.7 Å². The summed E-state index contributed by atoms with van der Waals surface area (Å²) in [7, 11) is 0. The van der Waals surface area contributed by atoms with Crippen molar-refractivity contribution in [2.75, 3.05) is 11.8 Å². The lowest BCUT2D eigenvalue weighted by molar-refractivity contribution is -0.385. The molecule has 0 bridgehead atoms. The van der Waals surface area contributed by atoms with Crippen LogP contribution in [0, 0.1) is 10.1 Å². The second kappa shape index (κ2) is 8.29. The van der Waals surface area contributed by atoms with Crippen LogP contribution in [0.25, 0.3) is 0 Å². The summed E-state index contributed by atoms with van der Waals surface area (Å²) in [6.45, 7) is -0.0629. The lowest BCUT2D eigenvalue weighted by atomic mass is 10.1. The Balaban J connectivity index is 1.53. The molecule has 4 rings (SSSR count). The Labute approximate surface area is 170 Å². The summed E-state index contributed by atoms with van der Waals surface area (Å²) in [5, 5.41) is 16.5. The number of para-hydroxylation sites is 1. The summed E-state index contributed by atoms with van der Waals surface area (Å²) in [4.78, 5) is 35.4. The summed E-state index contributed by atoms with van der Waals surface area (Å²) in [5.74, 6) is -0.513. The topological polar surface area (TPSA) is 121 Å². The van der Waals surface area contributed by atoms with E-state index < -0.39 is 10.9 Å². The Bertz CT molecular complexity index is 1040. The quantitative estimate of drug-likeness (QED) is 0.421. The van der Waals surface area contributed by atoms with E-state index in [1.807, 2.05) is 6.07 Å². The zero-order valence-electron chi connectivity index (χ0n) is 15.8. The maximum absolute atomic E-state index is 12.6. The van der Waals surface area contributed by atoms with Gasteiger partial charge in [0.15, 0.2) is 6.79 Å². The molecule has 2 aromatic rings. The van der Waals surface area contributed by atoms with Crippen LogP contribution in [-0.4, -0.2) is 29.3 Å². The van der Waals surface area contributed by atoms with Crippen LogP contribution in [-0.2, 0) is 32.3 Å². The van der Waals surface area contributed by atoms with Gasteiger partial charge in [-0.25, -0.2) is 9.80 Å². The highest BCUT2D eigenvalue weighted by Gasteiger charge is 2.27. The molecule has 10 heteroatoms. The molecule has 2 heterocycles. The summed E-state index contributed by atoms with van der Waals surface area (Å²) in [5.41, 5.74) is 1.38. The highest BCUT2D eigenvalue weighted by Crippen LogP contribution is 2.33. The molecular formula is C20H17N3O7. The van der Waals surface area contributed by atoms with Gasteiger partial charge in [0, 0.05) is 36.1 Å². The molecule has 2 aliphatic heterocycles. The third kappa shape index (κ3) is 3.98. The smallest absolute Gasteiger partial charge is 0.354 e. The number of anilines is 1. The van der Waals surface area contributed by atoms with Crippen molar-refractivity contribution in [2.45, 2.75) is 26.1 Å². The van der Waals surface area contributed by atoms with Gasteiger partial charge >= 0.3 is 5.97 Å². The number of hydrogen-bond donors (Lipinski definition) is 0. The van der Waals surface area contributed by atoms with Crippen LogP contribution in [0.1, 0.15) is 24.0 Å². The Hall–Kier alpha value is -3.79. The number of carbonyl (C=O) groups is 2. The third-order valence-electron chi connectivity index (χ3n) is 4.61. The highest BCUT2D eigenvalue weighted by molar-refractivity contribution is 6.38. The van der Waals surface area contributed by atoms with Crippen LogP contribution in [0.4, 0.5) is 11.4 Å². The fourth-order valence-corrected chi connectivity index (χ4v) is 3.19. The molecule has 10 nitrogen and oxygen atoms in total. The van der Waals surface area contributed by atoms with Crippen molar-refractivity contribution in [2.24, 2.45) is 5.10 Å². The van der Waals surface area contributed by atoms with Crippen LogP contribution in [0.2, 0.25) is 0 Å². The molecule has 1 amide bonds. The van der Waals surface area contributed by atoms with Gasteiger partial charge in [-0.1, -0.05) is 18.2 Å². The van der Waals surface area contributed by atoms with Gasteiger partial charge in [-0.05, 0) is 12.1 Å². The largest absolute Gasteiger partial charge is 0.467 e.